The molecule has 0 bridgehead atoms. The first-order valence-corrected chi connectivity index (χ1v) is 7.94. The van der Waals surface area contributed by atoms with Gasteiger partial charge in [0.1, 0.15) is 0 Å². The molecule has 0 atom stereocenters. The van der Waals surface area contributed by atoms with Gasteiger partial charge in [0, 0.05) is 5.69 Å². The Morgan fingerprint density at radius 2 is 1.90 bits per heavy atom. The molecule has 0 unspecified atom stereocenters. The average Bonchev–Trinajstić information content (AvgIpc) is 2.37. The van der Waals surface area contributed by atoms with Gasteiger partial charge in [-0.2, -0.15) is 0 Å². The third-order valence-electron chi connectivity index (χ3n) is 4.09. The highest BCUT2D eigenvalue weighted by molar-refractivity contribution is 5.91. The molecule has 0 spiro atoms. The van der Waals surface area contributed by atoms with Crippen LogP contribution in [0.5, 0.6) is 0 Å². The van der Waals surface area contributed by atoms with Crippen molar-refractivity contribution in [3.8, 4) is 0 Å². The summed E-state index contributed by atoms with van der Waals surface area (Å²) in [4.78, 5) is 12.0. The number of quaternary nitrogens is 1. The molecule has 1 aromatic carbocycles. The number of anilines is 1. The molecule has 0 aromatic heterocycles. The number of nitrogens with one attached hydrogen (secondary N) is 1. The molecule has 0 aliphatic heterocycles. The first-order valence-electron chi connectivity index (χ1n) is 7.94. The molecule has 1 saturated carbocycles. The third-order valence-corrected chi connectivity index (χ3v) is 4.09. The lowest BCUT2D eigenvalue weighted by molar-refractivity contribution is -0.680. The van der Waals surface area contributed by atoms with E-state index in [-0.39, 0.29) is 5.91 Å². The lowest BCUT2D eigenvalue weighted by Gasteiger charge is -2.18. The van der Waals surface area contributed by atoms with Crippen LogP contribution in [0.4, 0.5) is 5.69 Å². The van der Waals surface area contributed by atoms with Crippen molar-refractivity contribution in [1.29, 1.82) is 0 Å². The van der Waals surface area contributed by atoms with Crippen molar-refractivity contribution in [2.24, 2.45) is 0 Å². The van der Waals surface area contributed by atoms with Gasteiger partial charge < -0.3 is 10.6 Å². The summed E-state index contributed by atoms with van der Waals surface area (Å²) in [6.07, 6.45) is 9.27. The monoisotopic (exact) mass is 275 g/mol. The number of hydrogen-bond acceptors (Lipinski definition) is 1. The van der Waals surface area contributed by atoms with Gasteiger partial charge in [0.2, 0.25) is 0 Å². The second kappa shape index (κ2) is 8.05. The largest absolute Gasteiger partial charge is 0.336 e. The van der Waals surface area contributed by atoms with Gasteiger partial charge >= 0.3 is 0 Å². The van der Waals surface area contributed by atoms with Gasteiger partial charge in [-0.25, -0.2) is 0 Å². The Bertz CT molecular complexity index is 423. The van der Waals surface area contributed by atoms with Gasteiger partial charge in [-0.15, -0.1) is 0 Å². The van der Waals surface area contributed by atoms with E-state index in [1.54, 1.807) is 0 Å². The highest BCUT2D eigenvalue weighted by atomic mass is 16.1. The topological polar surface area (TPSA) is 45.7 Å². The summed E-state index contributed by atoms with van der Waals surface area (Å²) in [5.74, 6) is 0.109. The Hall–Kier alpha value is -1.35. The smallest absolute Gasteiger partial charge is 0.279 e. The third kappa shape index (κ3) is 5.33. The molecule has 1 aliphatic carbocycles. The number of carbonyl (C=O) groups is 1. The van der Waals surface area contributed by atoms with E-state index in [1.165, 1.54) is 50.5 Å². The van der Waals surface area contributed by atoms with Gasteiger partial charge in [-0.05, 0) is 50.3 Å². The van der Waals surface area contributed by atoms with E-state index >= 15 is 0 Å². The Morgan fingerprint density at radius 3 is 2.60 bits per heavy atom. The van der Waals surface area contributed by atoms with Gasteiger partial charge in [0.05, 0.1) is 6.04 Å². The predicted octanol–water partition coefficient (Wildman–Crippen LogP) is 2.61. The minimum absolute atomic E-state index is 0.109. The van der Waals surface area contributed by atoms with E-state index < -0.39 is 0 Å². The van der Waals surface area contributed by atoms with Gasteiger partial charge in [0.25, 0.3) is 5.91 Å². The summed E-state index contributed by atoms with van der Waals surface area (Å²) in [6, 6.07) is 8.60. The van der Waals surface area contributed by atoms with Crippen molar-refractivity contribution in [3.05, 3.63) is 29.8 Å². The standard InChI is InChI=1S/C17H26N2O/c1-14-8-7-11-16(12-14)19-17(20)13-18-15-9-5-3-2-4-6-10-15/h7-8,11-12,15,18H,2-6,9-10,13H2,1H3,(H,19,20)/p+1. The highest BCUT2D eigenvalue weighted by Gasteiger charge is 2.15. The predicted molar refractivity (Wildman–Crippen MR) is 82.7 cm³/mol. The zero-order valence-electron chi connectivity index (χ0n) is 12.5. The molecule has 1 fully saturated rings. The normalized spacial score (nSPS) is 17.2. The number of hydrogen-bond donors (Lipinski definition) is 2. The van der Waals surface area contributed by atoms with E-state index in [0.717, 1.165) is 5.69 Å². The van der Waals surface area contributed by atoms with Crippen molar-refractivity contribution < 1.29 is 10.1 Å². The Labute approximate surface area is 122 Å². The molecule has 1 aromatic rings. The number of rotatable bonds is 4. The van der Waals surface area contributed by atoms with Gasteiger partial charge in [-0.1, -0.05) is 31.4 Å². The SMILES string of the molecule is Cc1cccc(NC(=O)C[NH2+]C2CCCCCCC2)c1. The summed E-state index contributed by atoms with van der Waals surface area (Å²) >= 11 is 0. The van der Waals surface area contributed by atoms with Crippen LogP contribution in [0.25, 0.3) is 0 Å². The van der Waals surface area contributed by atoms with Crippen LogP contribution >= 0.6 is 0 Å². The molecule has 20 heavy (non-hydrogen) atoms. The zero-order valence-corrected chi connectivity index (χ0v) is 12.5. The molecule has 0 radical (unpaired) electrons. The summed E-state index contributed by atoms with van der Waals surface area (Å²) in [7, 11) is 0. The molecule has 110 valence electrons. The summed E-state index contributed by atoms with van der Waals surface area (Å²) in [6.45, 7) is 2.58. The maximum atomic E-state index is 12.0. The maximum Gasteiger partial charge on any atom is 0.279 e. The number of nitrogens with two attached hydrogens (primary N) is 1. The zero-order chi connectivity index (χ0) is 14.2. The molecule has 3 heteroatoms. The fourth-order valence-corrected chi connectivity index (χ4v) is 2.93. The van der Waals surface area contributed by atoms with Crippen LogP contribution in [-0.4, -0.2) is 18.5 Å². The number of aryl methyl sites for hydroxylation is 1. The summed E-state index contributed by atoms with van der Waals surface area (Å²) in [5.41, 5.74) is 2.08. The lowest BCUT2D eigenvalue weighted by atomic mass is 9.97. The maximum absolute atomic E-state index is 12.0. The Kier molecular flexibility index (Phi) is 6.06. The van der Waals surface area contributed by atoms with E-state index in [0.29, 0.717) is 12.6 Å². The van der Waals surface area contributed by atoms with Crippen LogP contribution in [0, 0.1) is 6.92 Å². The Balaban J connectivity index is 1.73. The quantitative estimate of drug-likeness (QED) is 0.871. The first kappa shape index (κ1) is 15.0. The van der Waals surface area contributed by atoms with Crippen molar-refractivity contribution in [2.45, 2.75) is 57.9 Å². The Morgan fingerprint density at radius 1 is 1.20 bits per heavy atom. The molecule has 0 saturated heterocycles. The second-order valence-electron chi connectivity index (χ2n) is 5.96. The van der Waals surface area contributed by atoms with Crippen LogP contribution < -0.4 is 10.6 Å². The van der Waals surface area contributed by atoms with Crippen LogP contribution in [0.2, 0.25) is 0 Å². The lowest BCUT2D eigenvalue weighted by Crippen LogP contribution is -2.91. The number of amides is 1. The second-order valence-corrected chi connectivity index (χ2v) is 5.96. The van der Waals surface area contributed by atoms with E-state index in [9.17, 15) is 4.79 Å². The van der Waals surface area contributed by atoms with Crippen LogP contribution in [0.3, 0.4) is 0 Å². The fourth-order valence-electron chi connectivity index (χ4n) is 2.93. The van der Waals surface area contributed by atoms with Crippen molar-refractivity contribution in [3.63, 3.8) is 0 Å². The molecule has 2 rings (SSSR count). The van der Waals surface area contributed by atoms with Gasteiger partial charge in [0.15, 0.2) is 6.54 Å². The summed E-state index contributed by atoms with van der Waals surface area (Å²) < 4.78 is 0. The molecule has 3 nitrogen and oxygen atoms in total. The van der Waals surface area contributed by atoms with E-state index in [1.807, 2.05) is 31.2 Å². The average molecular weight is 275 g/mol. The number of carbonyl (C=O) groups excluding carboxylic acids is 1. The highest BCUT2D eigenvalue weighted by Crippen LogP contribution is 2.15. The van der Waals surface area contributed by atoms with E-state index in [4.69, 9.17) is 0 Å². The van der Waals surface area contributed by atoms with E-state index in [2.05, 4.69) is 10.6 Å². The summed E-state index contributed by atoms with van der Waals surface area (Å²) in [5, 5.41) is 5.21. The van der Waals surface area contributed by atoms with Crippen LogP contribution in [0.15, 0.2) is 24.3 Å². The molecule has 0 heterocycles. The first-order chi connectivity index (χ1) is 9.74. The molecule has 3 N–H and O–H groups in total. The van der Waals surface area contributed by atoms with Crippen molar-refractivity contribution >= 4 is 11.6 Å². The minimum Gasteiger partial charge on any atom is -0.336 e. The molecule has 1 aliphatic rings. The van der Waals surface area contributed by atoms with Crippen molar-refractivity contribution in [1.82, 2.24) is 0 Å². The van der Waals surface area contributed by atoms with Crippen molar-refractivity contribution in [2.75, 3.05) is 11.9 Å². The van der Waals surface area contributed by atoms with Crippen LogP contribution in [0.1, 0.15) is 50.5 Å². The van der Waals surface area contributed by atoms with Crippen LogP contribution in [-0.2, 0) is 4.79 Å². The van der Waals surface area contributed by atoms with Gasteiger partial charge in [-0.3, -0.25) is 4.79 Å². The number of benzene rings is 1. The minimum atomic E-state index is 0.109. The molecular weight excluding hydrogens is 248 g/mol. The fraction of sp³-hybridized carbons (Fsp3) is 0.588. The molecule has 1 amide bonds. The molecular formula is C17H27N2O+.